The summed E-state index contributed by atoms with van der Waals surface area (Å²) in [5, 5.41) is 0. The minimum absolute atomic E-state index is 0.0913. The highest BCUT2D eigenvalue weighted by atomic mass is 16.5. The fourth-order valence-electron chi connectivity index (χ4n) is 3.26. The van der Waals surface area contributed by atoms with Gasteiger partial charge in [0.15, 0.2) is 0 Å². The normalized spacial score (nSPS) is 18.5. The van der Waals surface area contributed by atoms with Crippen LogP contribution >= 0.6 is 0 Å². The molecule has 0 N–H and O–H groups in total. The van der Waals surface area contributed by atoms with Crippen molar-refractivity contribution in [2.24, 2.45) is 0 Å². The highest BCUT2D eigenvalue weighted by Gasteiger charge is 2.21. The van der Waals surface area contributed by atoms with Crippen LogP contribution in [0.3, 0.4) is 0 Å². The summed E-state index contributed by atoms with van der Waals surface area (Å²) in [6, 6.07) is 29.5. The summed E-state index contributed by atoms with van der Waals surface area (Å²) < 4.78 is 6.49. The molecule has 0 aromatic heterocycles. The fraction of sp³-hybridized carbons (Fsp3) is 0.130. The summed E-state index contributed by atoms with van der Waals surface area (Å²) in [5.74, 6) is 0.961. The number of hydrogen-bond acceptors (Lipinski definition) is 1. The van der Waals surface area contributed by atoms with Gasteiger partial charge >= 0.3 is 0 Å². The number of fused-ring (bicyclic) bond motifs is 1. The molecule has 0 amide bonds. The predicted octanol–water partition coefficient (Wildman–Crippen LogP) is 5.89. The Morgan fingerprint density at radius 1 is 0.750 bits per heavy atom. The van der Waals surface area contributed by atoms with E-state index < -0.39 is 0 Å². The van der Waals surface area contributed by atoms with E-state index in [-0.39, 0.29) is 6.10 Å². The molecule has 0 saturated heterocycles. The molecule has 0 radical (unpaired) electrons. The summed E-state index contributed by atoms with van der Waals surface area (Å²) in [6.45, 7) is 0. The first-order chi connectivity index (χ1) is 11.9. The third kappa shape index (κ3) is 3.11. The second-order valence-corrected chi connectivity index (χ2v) is 6.13. The summed E-state index contributed by atoms with van der Waals surface area (Å²) in [5.41, 5.74) is 4.97. The summed E-state index contributed by atoms with van der Waals surface area (Å²) in [4.78, 5) is 0. The van der Waals surface area contributed by atoms with Crippen molar-refractivity contribution < 1.29 is 4.74 Å². The lowest BCUT2D eigenvalue weighted by Gasteiger charge is -2.19. The Balaban J connectivity index is 1.76. The molecule has 4 rings (SSSR count). The van der Waals surface area contributed by atoms with Crippen LogP contribution in [-0.2, 0) is 11.2 Å². The number of aryl methyl sites for hydroxylation is 1. The van der Waals surface area contributed by atoms with Crippen LogP contribution < -0.4 is 0 Å². The van der Waals surface area contributed by atoms with Gasteiger partial charge in [-0.25, -0.2) is 0 Å². The van der Waals surface area contributed by atoms with Crippen molar-refractivity contribution >= 4 is 11.8 Å². The van der Waals surface area contributed by atoms with Crippen molar-refractivity contribution in [2.45, 2.75) is 18.9 Å². The van der Waals surface area contributed by atoms with Gasteiger partial charge in [-0.1, -0.05) is 84.9 Å². The molecular weight excluding hydrogens is 292 g/mol. The van der Waals surface area contributed by atoms with E-state index in [1.807, 2.05) is 6.07 Å². The van der Waals surface area contributed by atoms with Crippen LogP contribution in [0.1, 0.15) is 34.8 Å². The van der Waals surface area contributed by atoms with E-state index in [9.17, 15) is 0 Å². The quantitative estimate of drug-likeness (QED) is 0.573. The van der Waals surface area contributed by atoms with Crippen LogP contribution in [-0.4, -0.2) is 0 Å². The van der Waals surface area contributed by atoms with E-state index in [2.05, 4.69) is 84.9 Å². The molecule has 0 aliphatic carbocycles. The molecule has 1 aliphatic heterocycles. The first-order valence-electron chi connectivity index (χ1n) is 8.47. The molecule has 1 heterocycles. The monoisotopic (exact) mass is 312 g/mol. The first-order valence-corrected chi connectivity index (χ1v) is 8.47. The standard InChI is InChI=1S/C23H20O/c1-3-9-18(10-4-1)17-23-21-14-8-7-11-19(21)15-16-22(24-23)20-12-5-2-6-13-20/h1-14,17,22H,15-16H2/b23-17-. The Labute approximate surface area is 143 Å². The molecule has 3 aromatic carbocycles. The molecule has 1 heteroatoms. The third-order valence-electron chi connectivity index (χ3n) is 4.50. The van der Waals surface area contributed by atoms with Crippen LogP contribution in [0, 0.1) is 0 Å². The average Bonchev–Trinajstić information content (AvgIpc) is 2.83. The Morgan fingerprint density at radius 2 is 1.42 bits per heavy atom. The molecule has 0 fully saturated rings. The topological polar surface area (TPSA) is 9.23 Å². The smallest absolute Gasteiger partial charge is 0.128 e. The number of benzene rings is 3. The number of rotatable bonds is 2. The largest absolute Gasteiger partial charge is 0.485 e. The van der Waals surface area contributed by atoms with Crippen molar-refractivity contribution in [1.29, 1.82) is 0 Å². The molecule has 3 aromatic rings. The highest BCUT2D eigenvalue weighted by Crippen LogP contribution is 2.36. The Morgan fingerprint density at radius 3 is 2.21 bits per heavy atom. The molecular formula is C23H20O. The number of hydrogen-bond donors (Lipinski definition) is 0. The van der Waals surface area contributed by atoms with Crippen molar-refractivity contribution in [3.05, 3.63) is 107 Å². The lowest BCUT2D eigenvalue weighted by Crippen LogP contribution is -2.02. The summed E-state index contributed by atoms with van der Waals surface area (Å²) >= 11 is 0. The maximum Gasteiger partial charge on any atom is 0.128 e. The maximum atomic E-state index is 6.49. The van der Waals surface area contributed by atoms with Crippen LogP contribution in [0.15, 0.2) is 84.9 Å². The van der Waals surface area contributed by atoms with Gasteiger partial charge in [0.05, 0.1) is 0 Å². The van der Waals surface area contributed by atoms with Crippen molar-refractivity contribution in [2.75, 3.05) is 0 Å². The second kappa shape index (κ2) is 6.76. The van der Waals surface area contributed by atoms with Gasteiger partial charge in [-0.15, -0.1) is 0 Å². The van der Waals surface area contributed by atoms with Gasteiger partial charge in [-0.05, 0) is 35.6 Å². The van der Waals surface area contributed by atoms with Gasteiger partial charge in [0.25, 0.3) is 0 Å². The molecule has 0 spiro atoms. The van der Waals surface area contributed by atoms with Crippen LogP contribution in [0.5, 0.6) is 0 Å². The SMILES string of the molecule is C(=C1/OC(c2ccccc2)CCc2ccccc21)/c1ccccc1. The molecule has 118 valence electrons. The van der Waals surface area contributed by atoms with E-state index in [0.717, 1.165) is 24.2 Å². The van der Waals surface area contributed by atoms with Gasteiger partial charge < -0.3 is 4.74 Å². The van der Waals surface area contributed by atoms with Crippen molar-refractivity contribution in [1.82, 2.24) is 0 Å². The summed E-state index contributed by atoms with van der Waals surface area (Å²) in [6.07, 6.45) is 4.27. The van der Waals surface area contributed by atoms with E-state index in [1.165, 1.54) is 16.7 Å². The molecule has 1 aliphatic rings. The predicted molar refractivity (Wildman–Crippen MR) is 99.3 cm³/mol. The summed E-state index contributed by atoms with van der Waals surface area (Å²) in [7, 11) is 0. The molecule has 0 saturated carbocycles. The zero-order valence-corrected chi connectivity index (χ0v) is 13.6. The van der Waals surface area contributed by atoms with Gasteiger partial charge in [-0.2, -0.15) is 0 Å². The van der Waals surface area contributed by atoms with Crippen LogP contribution in [0.2, 0.25) is 0 Å². The number of ether oxygens (including phenoxy) is 1. The molecule has 1 atom stereocenters. The van der Waals surface area contributed by atoms with Gasteiger partial charge in [0.1, 0.15) is 11.9 Å². The Kier molecular flexibility index (Phi) is 4.16. The fourth-order valence-corrected chi connectivity index (χ4v) is 3.26. The zero-order valence-electron chi connectivity index (χ0n) is 13.6. The first kappa shape index (κ1) is 14.8. The van der Waals surface area contributed by atoms with Gasteiger partial charge in [-0.3, -0.25) is 0 Å². The molecule has 1 nitrogen and oxygen atoms in total. The Bertz CT molecular complexity index is 834. The van der Waals surface area contributed by atoms with Crippen LogP contribution in [0.25, 0.3) is 11.8 Å². The van der Waals surface area contributed by atoms with Gasteiger partial charge in [0, 0.05) is 5.56 Å². The minimum atomic E-state index is 0.0913. The lowest BCUT2D eigenvalue weighted by atomic mass is 9.99. The van der Waals surface area contributed by atoms with E-state index >= 15 is 0 Å². The molecule has 24 heavy (non-hydrogen) atoms. The van der Waals surface area contributed by atoms with Crippen LogP contribution in [0.4, 0.5) is 0 Å². The zero-order chi connectivity index (χ0) is 16.2. The molecule has 1 unspecified atom stereocenters. The highest BCUT2D eigenvalue weighted by molar-refractivity contribution is 5.79. The van der Waals surface area contributed by atoms with Crippen molar-refractivity contribution in [3.8, 4) is 0 Å². The molecule has 0 bridgehead atoms. The minimum Gasteiger partial charge on any atom is -0.485 e. The van der Waals surface area contributed by atoms with E-state index in [0.29, 0.717) is 0 Å². The maximum absolute atomic E-state index is 6.49. The lowest BCUT2D eigenvalue weighted by molar-refractivity contribution is 0.166. The average molecular weight is 312 g/mol. The van der Waals surface area contributed by atoms with E-state index in [1.54, 1.807) is 0 Å². The Hall–Kier alpha value is -2.80. The second-order valence-electron chi connectivity index (χ2n) is 6.13. The van der Waals surface area contributed by atoms with E-state index in [4.69, 9.17) is 4.74 Å². The third-order valence-corrected chi connectivity index (χ3v) is 4.50. The van der Waals surface area contributed by atoms with Gasteiger partial charge in [0.2, 0.25) is 0 Å². The van der Waals surface area contributed by atoms with Crippen molar-refractivity contribution in [3.63, 3.8) is 0 Å².